The molecule has 0 radical (unpaired) electrons. The van der Waals surface area contributed by atoms with Crippen molar-refractivity contribution in [3.05, 3.63) is 23.9 Å². The zero-order chi connectivity index (χ0) is 10.6. The fourth-order valence-corrected chi connectivity index (χ4v) is 0.943. The van der Waals surface area contributed by atoms with Gasteiger partial charge >= 0.3 is 0 Å². The van der Waals surface area contributed by atoms with Crippen LogP contribution in [0.15, 0.2) is 18.2 Å². The fourth-order valence-electron chi connectivity index (χ4n) is 0.943. The number of carbonyl (C=O) groups is 1. The highest BCUT2D eigenvalue weighted by molar-refractivity contribution is 5.92. The third kappa shape index (κ3) is 3.17. The fraction of sp³-hybridized carbons (Fsp3) is 0.455. The van der Waals surface area contributed by atoms with E-state index in [4.69, 9.17) is 4.74 Å². The molecule has 0 amide bonds. The van der Waals surface area contributed by atoms with Crippen LogP contribution < -0.4 is 4.74 Å². The second-order valence-corrected chi connectivity index (χ2v) is 3.62. The summed E-state index contributed by atoms with van der Waals surface area (Å²) in [7, 11) is 0. The summed E-state index contributed by atoms with van der Waals surface area (Å²) >= 11 is 0. The first kappa shape index (κ1) is 10.7. The molecule has 0 bridgehead atoms. The van der Waals surface area contributed by atoms with Crippen LogP contribution in [-0.2, 0) is 0 Å². The molecule has 1 aromatic rings. The van der Waals surface area contributed by atoms with Crippen molar-refractivity contribution in [1.82, 2.24) is 4.98 Å². The molecule has 0 saturated carbocycles. The normalized spacial score (nSPS) is 10.3. The van der Waals surface area contributed by atoms with Crippen LogP contribution in [0.2, 0.25) is 0 Å². The number of aromatic nitrogens is 1. The van der Waals surface area contributed by atoms with Crippen molar-refractivity contribution in [3.8, 4) is 5.88 Å². The molecule has 3 heteroatoms. The number of hydrogen-bond acceptors (Lipinski definition) is 3. The minimum absolute atomic E-state index is 0.0417. The maximum absolute atomic E-state index is 11.0. The van der Waals surface area contributed by atoms with Gasteiger partial charge in [-0.05, 0) is 12.0 Å². The topological polar surface area (TPSA) is 39.2 Å². The van der Waals surface area contributed by atoms with Crippen LogP contribution in [0, 0.1) is 5.92 Å². The molecule has 14 heavy (non-hydrogen) atoms. The second-order valence-electron chi connectivity index (χ2n) is 3.62. The molecule has 0 N–H and O–H groups in total. The lowest BCUT2D eigenvalue weighted by molar-refractivity contribution is 0.101. The van der Waals surface area contributed by atoms with E-state index in [1.165, 1.54) is 6.92 Å². The highest BCUT2D eigenvalue weighted by Gasteiger charge is 2.03. The summed E-state index contributed by atoms with van der Waals surface area (Å²) in [5, 5.41) is 0. The highest BCUT2D eigenvalue weighted by Crippen LogP contribution is 2.09. The number of rotatable bonds is 4. The molecule has 1 heterocycles. The van der Waals surface area contributed by atoms with Crippen molar-refractivity contribution in [2.45, 2.75) is 20.8 Å². The van der Waals surface area contributed by atoms with E-state index >= 15 is 0 Å². The molecule has 0 aliphatic carbocycles. The molecule has 3 nitrogen and oxygen atoms in total. The van der Waals surface area contributed by atoms with Crippen LogP contribution in [0.25, 0.3) is 0 Å². The van der Waals surface area contributed by atoms with Gasteiger partial charge in [0.15, 0.2) is 5.78 Å². The Morgan fingerprint density at radius 2 is 2.21 bits per heavy atom. The molecule has 0 fully saturated rings. The number of ketones is 1. The molecule has 0 aliphatic rings. The lowest BCUT2D eigenvalue weighted by Gasteiger charge is -2.07. The third-order valence-electron chi connectivity index (χ3n) is 1.65. The first-order valence-electron chi connectivity index (χ1n) is 4.70. The van der Waals surface area contributed by atoms with Gasteiger partial charge in [0.05, 0.1) is 6.61 Å². The van der Waals surface area contributed by atoms with Gasteiger partial charge in [-0.1, -0.05) is 19.9 Å². The van der Waals surface area contributed by atoms with Gasteiger partial charge in [0, 0.05) is 13.0 Å². The Hall–Kier alpha value is -1.38. The van der Waals surface area contributed by atoms with Crippen molar-refractivity contribution in [1.29, 1.82) is 0 Å². The summed E-state index contributed by atoms with van der Waals surface area (Å²) in [5.74, 6) is 0.934. The standard InChI is InChI=1S/C11H15NO2/c1-8(2)7-14-11-6-4-5-10(12-11)9(3)13/h4-6,8H,7H2,1-3H3. The minimum Gasteiger partial charge on any atom is -0.477 e. The first-order valence-corrected chi connectivity index (χ1v) is 4.70. The quantitative estimate of drug-likeness (QED) is 0.689. The number of pyridine rings is 1. The lowest BCUT2D eigenvalue weighted by atomic mass is 10.2. The number of carbonyl (C=O) groups excluding carboxylic acids is 1. The first-order chi connectivity index (χ1) is 6.59. The summed E-state index contributed by atoms with van der Waals surface area (Å²) in [4.78, 5) is 15.1. The maximum atomic E-state index is 11.0. The Morgan fingerprint density at radius 1 is 1.50 bits per heavy atom. The van der Waals surface area contributed by atoms with E-state index in [1.807, 2.05) is 0 Å². The van der Waals surface area contributed by atoms with Crippen LogP contribution in [0.5, 0.6) is 5.88 Å². The Balaban J connectivity index is 2.69. The molecule has 76 valence electrons. The molecule has 0 aromatic carbocycles. The van der Waals surface area contributed by atoms with Crippen molar-refractivity contribution in [3.63, 3.8) is 0 Å². The molecule has 0 spiro atoms. The predicted octanol–water partition coefficient (Wildman–Crippen LogP) is 2.32. The second kappa shape index (κ2) is 4.74. The largest absolute Gasteiger partial charge is 0.477 e. The number of Topliss-reactive ketones (excluding diaryl/α,β-unsaturated/α-hetero) is 1. The zero-order valence-corrected chi connectivity index (χ0v) is 8.78. The summed E-state index contributed by atoms with van der Waals surface area (Å²) in [5.41, 5.74) is 0.450. The summed E-state index contributed by atoms with van der Waals surface area (Å²) in [6.45, 7) is 6.24. The van der Waals surface area contributed by atoms with Crippen LogP contribution in [-0.4, -0.2) is 17.4 Å². The van der Waals surface area contributed by atoms with E-state index < -0.39 is 0 Å². The van der Waals surface area contributed by atoms with Gasteiger partial charge in [-0.2, -0.15) is 0 Å². The predicted molar refractivity (Wildman–Crippen MR) is 54.6 cm³/mol. The third-order valence-corrected chi connectivity index (χ3v) is 1.65. The van der Waals surface area contributed by atoms with E-state index in [9.17, 15) is 4.79 Å². The highest BCUT2D eigenvalue weighted by atomic mass is 16.5. The SMILES string of the molecule is CC(=O)c1cccc(OCC(C)C)n1. The molecule has 1 rings (SSSR count). The molecular weight excluding hydrogens is 178 g/mol. The Bertz CT molecular complexity index is 321. The van der Waals surface area contributed by atoms with Crippen molar-refractivity contribution < 1.29 is 9.53 Å². The maximum Gasteiger partial charge on any atom is 0.213 e. The van der Waals surface area contributed by atoms with Gasteiger partial charge in [-0.15, -0.1) is 0 Å². The Labute approximate surface area is 84.1 Å². The molecule has 0 saturated heterocycles. The van der Waals surface area contributed by atoms with Gasteiger partial charge in [0.2, 0.25) is 5.88 Å². The summed E-state index contributed by atoms with van der Waals surface area (Å²) in [6, 6.07) is 5.22. The van der Waals surface area contributed by atoms with E-state index in [-0.39, 0.29) is 5.78 Å². The summed E-state index contributed by atoms with van der Waals surface area (Å²) < 4.78 is 5.39. The molecule has 0 atom stereocenters. The van der Waals surface area contributed by atoms with Gasteiger partial charge in [0.25, 0.3) is 0 Å². The van der Waals surface area contributed by atoms with Crippen molar-refractivity contribution in [2.75, 3.05) is 6.61 Å². The zero-order valence-electron chi connectivity index (χ0n) is 8.78. The smallest absolute Gasteiger partial charge is 0.213 e. The van der Waals surface area contributed by atoms with E-state index in [0.717, 1.165) is 0 Å². The molecule has 0 unspecified atom stereocenters. The molecule has 0 aliphatic heterocycles. The van der Waals surface area contributed by atoms with Gasteiger partial charge in [0.1, 0.15) is 5.69 Å². The van der Waals surface area contributed by atoms with Crippen LogP contribution in [0.3, 0.4) is 0 Å². The number of ether oxygens (including phenoxy) is 1. The van der Waals surface area contributed by atoms with Gasteiger partial charge in [-0.25, -0.2) is 4.98 Å². The van der Waals surface area contributed by atoms with Crippen LogP contribution >= 0.6 is 0 Å². The summed E-state index contributed by atoms with van der Waals surface area (Å²) in [6.07, 6.45) is 0. The van der Waals surface area contributed by atoms with E-state index in [2.05, 4.69) is 18.8 Å². The number of nitrogens with zero attached hydrogens (tertiary/aromatic N) is 1. The minimum atomic E-state index is -0.0417. The van der Waals surface area contributed by atoms with E-state index in [1.54, 1.807) is 18.2 Å². The van der Waals surface area contributed by atoms with Gasteiger partial charge < -0.3 is 4.74 Å². The van der Waals surface area contributed by atoms with Crippen LogP contribution in [0.1, 0.15) is 31.3 Å². The lowest BCUT2D eigenvalue weighted by Crippen LogP contribution is -2.07. The van der Waals surface area contributed by atoms with Gasteiger partial charge in [-0.3, -0.25) is 4.79 Å². The van der Waals surface area contributed by atoms with Crippen LogP contribution in [0.4, 0.5) is 0 Å². The number of hydrogen-bond donors (Lipinski definition) is 0. The monoisotopic (exact) mass is 193 g/mol. The Kier molecular flexibility index (Phi) is 3.63. The van der Waals surface area contributed by atoms with Crippen molar-refractivity contribution in [2.24, 2.45) is 5.92 Å². The average molecular weight is 193 g/mol. The van der Waals surface area contributed by atoms with E-state index in [0.29, 0.717) is 24.1 Å². The average Bonchev–Trinajstić information content (AvgIpc) is 2.15. The molecule has 1 aromatic heterocycles. The Morgan fingerprint density at radius 3 is 2.79 bits per heavy atom. The molecular formula is C11H15NO2. The van der Waals surface area contributed by atoms with Crippen molar-refractivity contribution >= 4 is 5.78 Å².